The van der Waals surface area contributed by atoms with Crippen molar-refractivity contribution in [3.63, 3.8) is 0 Å². The van der Waals surface area contributed by atoms with Gasteiger partial charge in [-0.3, -0.25) is 4.79 Å². The molecule has 1 aromatic heterocycles. The number of aromatic nitrogens is 1. The van der Waals surface area contributed by atoms with Gasteiger partial charge in [0, 0.05) is 23.2 Å². The molecule has 1 saturated heterocycles. The molecule has 0 aliphatic carbocycles. The highest BCUT2D eigenvalue weighted by Gasteiger charge is 2.26. The summed E-state index contributed by atoms with van der Waals surface area (Å²) in [4.78, 5) is 19.0. The summed E-state index contributed by atoms with van der Waals surface area (Å²) in [6.45, 7) is 9.92. The van der Waals surface area contributed by atoms with Gasteiger partial charge < -0.3 is 15.1 Å². The second-order valence-corrected chi connectivity index (χ2v) is 6.44. The van der Waals surface area contributed by atoms with Crippen LogP contribution in [0.1, 0.15) is 43.7 Å². The first-order chi connectivity index (χ1) is 9.82. The minimum absolute atomic E-state index is 0.00444. The van der Waals surface area contributed by atoms with Crippen LogP contribution >= 0.6 is 0 Å². The number of ether oxygens (including phenoxy) is 1. The van der Waals surface area contributed by atoms with E-state index in [9.17, 15) is 4.79 Å². The fourth-order valence-electron chi connectivity index (χ4n) is 2.31. The predicted molar refractivity (Wildman–Crippen MR) is 82.1 cm³/mol. The number of carbonyl (C=O) groups is 1. The van der Waals surface area contributed by atoms with E-state index in [0.29, 0.717) is 31.1 Å². The van der Waals surface area contributed by atoms with E-state index in [4.69, 9.17) is 10.6 Å². The minimum Gasteiger partial charge on any atom is -0.377 e. The van der Waals surface area contributed by atoms with Gasteiger partial charge in [0.15, 0.2) is 0 Å². The number of hydrogen-bond donors (Lipinski definition) is 2. The SMILES string of the molecule is CC1COCCN1C(=O)c1cc(NN)nc(C(C)(C)C)c1. The van der Waals surface area contributed by atoms with Gasteiger partial charge in [0.1, 0.15) is 5.82 Å². The molecular weight excluding hydrogens is 268 g/mol. The Labute approximate surface area is 125 Å². The van der Waals surface area contributed by atoms with E-state index in [2.05, 4.69) is 31.2 Å². The zero-order valence-corrected chi connectivity index (χ0v) is 13.1. The Morgan fingerprint density at radius 2 is 2.19 bits per heavy atom. The van der Waals surface area contributed by atoms with Crippen molar-refractivity contribution in [2.24, 2.45) is 5.84 Å². The van der Waals surface area contributed by atoms with Crippen LogP contribution in [0.15, 0.2) is 12.1 Å². The largest absolute Gasteiger partial charge is 0.377 e. The molecule has 1 fully saturated rings. The molecule has 1 aliphatic rings. The van der Waals surface area contributed by atoms with Crippen LogP contribution in [0.2, 0.25) is 0 Å². The fraction of sp³-hybridized carbons (Fsp3) is 0.600. The van der Waals surface area contributed by atoms with Gasteiger partial charge in [-0.1, -0.05) is 20.8 Å². The number of carbonyl (C=O) groups excluding carboxylic acids is 1. The normalized spacial score (nSPS) is 19.5. The molecule has 0 spiro atoms. The second kappa shape index (κ2) is 5.99. The predicted octanol–water partition coefficient (Wildman–Crippen LogP) is 1.53. The highest BCUT2D eigenvalue weighted by Crippen LogP contribution is 2.24. The van der Waals surface area contributed by atoms with Gasteiger partial charge >= 0.3 is 0 Å². The lowest BCUT2D eigenvalue weighted by atomic mass is 9.90. The molecule has 0 saturated carbocycles. The summed E-state index contributed by atoms with van der Waals surface area (Å²) < 4.78 is 5.38. The molecule has 1 unspecified atom stereocenters. The molecular formula is C15H24N4O2. The summed E-state index contributed by atoms with van der Waals surface area (Å²) >= 11 is 0. The number of hydrogen-bond acceptors (Lipinski definition) is 5. The van der Waals surface area contributed by atoms with Crippen molar-refractivity contribution in [3.05, 3.63) is 23.4 Å². The van der Waals surface area contributed by atoms with Gasteiger partial charge in [0.25, 0.3) is 5.91 Å². The number of amides is 1. The quantitative estimate of drug-likeness (QED) is 0.638. The molecule has 3 N–H and O–H groups in total. The summed E-state index contributed by atoms with van der Waals surface area (Å²) in [5.74, 6) is 5.98. The van der Waals surface area contributed by atoms with Crippen molar-refractivity contribution in [3.8, 4) is 0 Å². The van der Waals surface area contributed by atoms with E-state index < -0.39 is 0 Å². The Kier molecular flexibility index (Phi) is 4.49. The van der Waals surface area contributed by atoms with Gasteiger partial charge in [-0.25, -0.2) is 10.8 Å². The minimum atomic E-state index is -0.154. The zero-order valence-electron chi connectivity index (χ0n) is 13.1. The van der Waals surface area contributed by atoms with Gasteiger partial charge in [-0.2, -0.15) is 0 Å². The van der Waals surface area contributed by atoms with E-state index in [1.807, 2.05) is 17.9 Å². The molecule has 1 aromatic rings. The lowest BCUT2D eigenvalue weighted by Crippen LogP contribution is -2.47. The van der Waals surface area contributed by atoms with Gasteiger partial charge in [-0.15, -0.1) is 0 Å². The van der Waals surface area contributed by atoms with Crippen LogP contribution in [-0.2, 0) is 10.2 Å². The molecule has 0 aromatic carbocycles. The number of hydrazine groups is 1. The number of pyridine rings is 1. The third-order valence-corrected chi connectivity index (χ3v) is 3.62. The van der Waals surface area contributed by atoms with E-state index in [0.717, 1.165) is 5.69 Å². The second-order valence-electron chi connectivity index (χ2n) is 6.44. The van der Waals surface area contributed by atoms with Gasteiger partial charge in [-0.05, 0) is 19.1 Å². The Morgan fingerprint density at radius 3 is 2.76 bits per heavy atom. The topological polar surface area (TPSA) is 80.5 Å². The summed E-state index contributed by atoms with van der Waals surface area (Å²) in [5.41, 5.74) is 3.83. The Balaban J connectivity index is 2.36. The molecule has 0 radical (unpaired) electrons. The number of nitrogen functional groups attached to an aromatic ring is 1. The summed E-state index contributed by atoms with van der Waals surface area (Å²) in [6, 6.07) is 3.62. The summed E-state index contributed by atoms with van der Waals surface area (Å²) in [5, 5.41) is 0. The Morgan fingerprint density at radius 1 is 1.48 bits per heavy atom. The van der Waals surface area contributed by atoms with Crippen LogP contribution in [0.4, 0.5) is 5.82 Å². The van der Waals surface area contributed by atoms with E-state index in [1.54, 1.807) is 6.07 Å². The molecule has 6 nitrogen and oxygen atoms in total. The van der Waals surface area contributed by atoms with Crippen LogP contribution in [0.5, 0.6) is 0 Å². The molecule has 2 rings (SSSR count). The lowest BCUT2D eigenvalue weighted by Gasteiger charge is -2.33. The highest BCUT2D eigenvalue weighted by atomic mass is 16.5. The number of nitrogens with one attached hydrogen (secondary N) is 1. The first-order valence-electron chi connectivity index (χ1n) is 7.21. The lowest BCUT2D eigenvalue weighted by molar-refractivity contribution is 0.00358. The van der Waals surface area contributed by atoms with Crippen LogP contribution in [-0.4, -0.2) is 41.6 Å². The first-order valence-corrected chi connectivity index (χ1v) is 7.21. The third kappa shape index (κ3) is 3.51. The molecule has 6 heteroatoms. The van der Waals surface area contributed by atoms with E-state index in [1.165, 1.54) is 0 Å². The number of nitrogens with zero attached hydrogens (tertiary/aromatic N) is 2. The number of rotatable bonds is 2. The number of anilines is 1. The molecule has 21 heavy (non-hydrogen) atoms. The maximum Gasteiger partial charge on any atom is 0.254 e. The zero-order chi connectivity index (χ0) is 15.6. The standard InChI is InChI=1S/C15H24N4O2/c1-10-9-21-6-5-19(10)14(20)11-7-12(15(2,3)4)17-13(8-11)18-16/h7-8,10H,5-6,9,16H2,1-4H3,(H,17,18). The van der Waals surface area contributed by atoms with Gasteiger partial charge in [0.05, 0.1) is 19.3 Å². The molecule has 1 atom stereocenters. The smallest absolute Gasteiger partial charge is 0.254 e. The van der Waals surface area contributed by atoms with Crippen LogP contribution in [0, 0.1) is 0 Å². The summed E-state index contributed by atoms with van der Waals surface area (Å²) in [6.07, 6.45) is 0. The molecule has 2 heterocycles. The van der Waals surface area contributed by atoms with Crippen molar-refractivity contribution in [1.82, 2.24) is 9.88 Å². The van der Waals surface area contributed by atoms with E-state index in [-0.39, 0.29) is 17.4 Å². The monoisotopic (exact) mass is 292 g/mol. The van der Waals surface area contributed by atoms with Crippen molar-refractivity contribution in [2.75, 3.05) is 25.2 Å². The van der Waals surface area contributed by atoms with Crippen molar-refractivity contribution in [2.45, 2.75) is 39.2 Å². The molecule has 0 bridgehead atoms. The van der Waals surface area contributed by atoms with E-state index >= 15 is 0 Å². The fourth-order valence-corrected chi connectivity index (χ4v) is 2.31. The molecule has 1 aliphatic heterocycles. The average molecular weight is 292 g/mol. The van der Waals surface area contributed by atoms with Gasteiger partial charge in [0.2, 0.25) is 0 Å². The molecule has 1 amide bonds. The number of nitrogens with two attached hydrogens (primary N) is 1. The van der Waals surface area contributed by atoms with Crippen molar-refractivity contribution >= 4 is 11.7 Å². The first kappa shape index (κ1) is 15.7. The van der Waals surface area contributed by atoms with Crippen molar-refractivity contribution in [1.29, 1.82) is 0 Å². The van der Waals surface area contributed by atoms with Crippen LogP contribution < -0.4 is 11.3 Å². The van der Waals surface area contributed by atoms with Crippen LogP contribution in [0.25, 0.3) is 0 Å². The maximum absolute atomic E-state index is 12.7. The third-order valence-electron chi connectivity index (χ3n) is 3.62. The highest BCUT2D eigenvalue weighted by molar-refractivity contribution is 5.95. The van der Waals surface area contributed by atoms with Crippen molar-refractivity contribution < 1.29 is 9.53 Å². The Hall–Kier alpha value is -1.66. The summed E-state index contributed by atoms with van der Waals surface area (Å²) in [7, 11) is 0. The maximum atomic E-state index is 12.7. The molecule has 116 valence electrons. The van der Waals surface area contributed by atoms with Crippen LogP contribution in [0.3, 0.4) is 0 Å². The number of morpholine rings is 1. The Bertz CT molecular complexity index is 525. The average Bonchev–Trinajstić information content (AvgIpc) is 2.45.